The van der Waals surface area contributed by atoms with Crippen molar-refractivity contribution in [2.45, 2.75) is 31.2 Å². The normalized spacial score (nSPS) is 12.1. The standard InChI is InChI=1S/C24H23N3O2S2/c1-4-25-21(28)16(3)30-24-26-22-18(14-20(31-22)17-11-6-5-7-12-17)23(29)27(24)19-13-9-8-10-15(19)2/h5-14,16H,4H2,1-3H3,(H,25,28). The largest absolute Gasteiger partial charge is 0.355 e. The number of thioether (sulfide) groups is 1. The van der Waals surface area contributed by atoms with Gasteiger partial charge in [0.2, 0.25) is 5.91 Å². The van der Waals surface area contributed by atoms with E-state index in [0.29, 0.717) is 21.9 Å². The van der Waals surface area contributed by atoms with Crippen molar-refractivity contribution in [1.29, 1.82) is 0 Å². The number of hydrogen-bond acceptors (Lipinski definition) is 5. The zero-order valence-corrected chi connectivity index (χ0v) is 19.2. The van der Waals surface area contributed by atoms with E-state index in [4.69, 9.17) is 4.98 Å². The predicted molar refractivity (Wildman–Crippen MR) is 129 cm³/mol. The van der Waals surface area contributed by atoms with Crippen molar-refractivity contribution < 1.29 is 4.79 Å². The van der Waals surface area contributed by atoms with Crippen LogP contribution in [0.2, 0.25) is 0 Å². The second kappa shape index (κ2) is 9.08. The van der Waals surface area contributed by atoms with Crippen molar-refractivity contribution >= 4 is 39.2 Å². The Morgan fingerprint density at radius 1 is 1.16 bits per heavy atom. The van der Waals surface area contributed by atoms with Crippen LogP contribution in [0, 0.1) is 6.92 Å². The Morgan fingerprint density at radius 3 is 2.58 bits per heavy atom. The fraction of sp³-hybridized carbons (Fsp3) is 0.208. The SMILES string of the molecule is CCNC(=O)C(C)Sc1nc2sc(-c3ccccc3)cc2c(=O)n1-c1ccccc1C. The van der Waals surface area contributed by atoms with Gasteiger partial charge in [-0.25, -0.2) is 4.98 Å². The first-order valence-corrected chi connectivity index (χ1v) is 11.8. The summed E-state index contributed by atoms with van der Waals surface area (Å²) in [6, 6.07) is 19.6. The van der Waals surface area contributed by atoms with E-state index in [1.165, 1.54) is 23.1 Å². The summed E-state index contributed by atoms with van der Waals surface area (Å²) in [6.45, 7) is 6.25. The fourth-order valence-corrected chi connectivity index (χ4v) is 5.36. The molecule has 5 nitrogen and oxygen atoms in total. The Morgan fingerprint density at radius 2 is 1.87 bits per heavy atom. The Balaban J connectivity index is 1.91. The summed E-state index contributed by atoms with van der Waals surface area (Å²) < 4.78 is 1.64. The van der Waals surface area contributed by atoms with Crippen LogP contribution in [-0.2, 0) is 4.79 Å². The molecule has 0 saturated carbocycles. The van der Waals surface area contributed by atoms with Crippen LogP contribution >= 0.6 is 23.1 Å². The average molecular weight is 450 g/mol. The molecule has 2 aromatic carbocycles. The van der Waals surface area contributed by atoms with Crippen LogP contribution in [0.3, 0.4) is 0 Å². The molecular formula is C24H23N3O2S2. The number of aryl methyl sites for hydroxylation is 1. The quantitative estimate of drug-likeness (QED) is 0.331. The zero-order valence-electron chi connectivity index (χ0n) is 17.6. The minimum atomic E-state index is -0.381. The van der Waals surface area contributed by atoms with Gasteiger partial charge in [-0.15, -0.1) is 11.3 Å². The molecule has 1 amide bonds. The first-order chi connectivity index (χ1) is 15.0. The molecule has 2 heterocycles. The third-order valence-electron chi connectivity index (χ3n) is 4.95. The van der Waals surface area contributed by atoms with Crippen molar-refractivity contribution in [3.05, 3.63) is 76.6 Å². The molecule has 0 fully saturated rings. The van der Waals surface area contributed by atoms with Gasteiger partial charge < -0.3 is 5.32 Å². The third kappa shape index (κ3) is 4.29. The molecule has 0 aliphatic heterocycles. The highest BCUT2D eigenvalue weighted by molar-refractivity contribution is 8.00. The van der Waals surface area contributed by atoms with Crippen molar-refractivity contribution in [3.63, 3.8) is 0 Å². The Bertz CT molecular complexity index is 1300. The highest BCUT2D eigenvalue weighted by Gasteiger charge is 2.22. The molecular weight excluding hydrogens is 426 g/mol. The van der Waals surface area contributed by atoms with Gasteiger partial charge in [0.25, 0.3) is 5.56 Å². The van der Waals surface area contributed by atoms with E-state index < -0.39 is 0 Å². The number of carbonyl (C=O) groups is 1. The second-order valence-electron chi connectivity index (χ2n) is 7.17. The number of amides is 1. The van der Waals surface area contributed by atoms with Crippen molar-refractivity contribution in [1.82, 2.24) is 14.9 Å². The molecule has 0 aliphatic rings. The molecule has 0 bridgehead atoms. The van der Waals surface area contributed by atoms with Gasteiger partial charge in [-0.05, 0) is 44.0 Å². The van der Waals surface area contributed by atoms with Crippen molar-refractivity contribution in [3.8, 4) is 16.1 Å². The van der Waals surface area contributed by atoms with Crippen LogP contribution in [0.1, 0.15) is 19.4 Å². The number of benzene rings is 2. The molecule has 4 rings (SSSR count). The maximum absolute atomic E-state index is 13.6. The van der Waals surface area contributed by atoms with E-state index in [2.05, 4.69) is 5.32 Å². The van der Waals surface area contributed by atoms with Crippen LogP contribution < -0.4 is 10.9 Å². The molecule has 7 heteroatoms. The Hall–Kier alpha value is -2.90. The van der Waals surface area contributed by atoms with Gasteiger partial charge >= 0.3 is 0 Å². The number of rotatable bonds is 6. The van der Waals surface area contributed by atoms with Gasteiger partial charge in [-0.1, -0.05) is 60.3 Å². The van der Waals surface area contributed by atoms with E-state index in [1.54, 1.807) is 4.57 Å². The summed E-state index contributed by atoms with van der Waals surface area (Å²) in [6.07, 6.45) is 0. The Kier molecular flexibility index (Phi) is 6.25. The smallest absolute Gasteiger partial charge is 0.267 e. The lowest BCUT2D eigenvalue weighted by Crippen LogP contribution is -2.31. The van der Waals surface area contributed by atoms with E-state index >= 15 is 0 Å². The highest BCUT2D eigenvalue weighted by Crippen LogP contribution is 2.33. The molecule has 2 aromatic heterocycles. The lowest BCUT2D eigenvalue weighted by molar-refractivity contribution is -0.120. The minimum absolute atomic E-state index is 0.0747. The fourth-order valence-electron chi connectivity index (χ4n) is 3.34. The van der Waals surface area contributed by atoms with Crippen molar-refractivity contribution in [2.24, 2.45) is 0 Å². The lowest BCUT2D eigenvalue weighted by Gasteiger charge is -2.16. The molecule has 1 N–H and O–H groups in total. The van der Waals surface area contributed by atoms with Crippen LogP contribution in [-0.4, -0.2) is 27.3 Å². The van der Waals surface area contributed by atoms with Gasteiger partial charge in [-0.3, -0.25) is 14.2 Å². The van der Waals surface area contributed by atoms with Gasteiger partial charge in [-0.2, -0.15) is 0 Å². The molecule has 0 spiro atoms. The highest BCUT2D eigenvalue weighted by atomic mass is 32.2. The summed E-state index contributed by atoms with van der Waals surface area (Å²) in [5, 5.41) is 3.57. The van der Waals surface area contributed by atoms with Crippen LogP contribution in [0.5, 0.6) is 0 Å². The van der Waals surface area contributed by atoms with Gasteiger partial charge in [0.1, 0.15) is 4.83 Å². The van der Waals surface area contributed by atoms with Gasteiger partial charge in [0.15, 0.2) is 5.16 Å². The van der Waals surface area contributed by atoms with Gasteiger partial charge in [0.05, 0.1) is 16.3 Å². The maximum atomic E-state index is 13.6. The lowest BCUT2D eigenvalue weighted by atomic mass is 10.2. The van der Waals surface area contributed by atoms with Crippen LogP contribution in [0.4, 0.5) is 0 Å². The topological polar surface area (TPSA) is 64.0 Å². The molecule has 0 saturated heterocycles. The molecule has 1 unspecified atom stereocenters. The second-order valence-corrected chi connectivity index (χ2v) is 9.51. The molecule has 1 atom stereocenters. The molecule has 158 valence electrons. The maximum Gasteiger partial charge on any atom is 0.267 e. The number of para-hydroxylation sites is 1. The summed E-state index contributed by atoms with van der Waals surface area (Å²) in [5.74, 6) is -0.0747. The average Bonchev–Trinajstić information content (AvgIpc) is 3.20. The summed E-state index contributed by atoms with van der Waals surface area (Å²) >= 11 is 2.80. The Labute approximate surface area is 189 Å². The number of nitrogens with zero attached hydrogens (tertiary/aromatic N) is 2. The van der Waals surface area contributed by atoms with E-state index in [9.17, 15) is 9.59 Å². The van der Waals surface area contributed by atoms with Gasteiger partial charge in [0, 0.05) is 11.4 Å². The molecule has 31 heavy (non-hydrogen) atoms. The van der Waals surface area contributed by atoms with Crippen LogP contribution in [0.25, 0.3) is 26.3 Å². The summed E-state index contributed by atoms with van der Waals surface area (Å²) in [5.41, 5.74) is 2.68. The number of thiophene rings is 1. The number of carbonyl (C=O) groups excluding carboxylic acids is 1. The third-order valence-corrected chi connectivity index (χ3v) is 7.08. The predicted octanol–water partition coefficient (Wildman–Crippen LogP) is 5.04. The first kappa shape index (κ1) is 21.3. The van der Waals surface area contributed by atoms with E-state index in [-0.39, 0.29) is 16.7 Å². The molecule has 4 aromatic rings. The summed E-state index contributed by atoms with van der Waals surface area (Å²) in [4.78, 5) is 32.5. The van der Waals surface area contributed by atoms with Crippen LogP contribution in [0.15, 0.2) is 70.6 Å². The molecule has 0 radical (unpaired) electrons. The van der Waals surface area contributed by atoms with E-state index in [0.717, 1.165) is 21.7 Å². The zero-order chi connectivity index (χ0) is 22.0. The number of aromatic nitrogens is 2. The molecule has 0 aliphatic carbocycles. The monoisotopic (exact) mass is 449 g/mol. The van der Waals surface area contributed by atoms with E-state index in [1.807, 2.05) is 81.4 Å². The summed E-state index contributed by atoms with van der Waals surface area (Å²) in [7, 11) is 0. The number of nitrogens with one attached hydrogen (secondary N) is 1. The van der Waals surface area contributed by atoms with Crippen molar-refractivity contribution in [2.75, 3.05) is 6.54 Å². The number of fused-ring (bicyclic) bond motifs is 1. The minimum Gasteiger partial charge on any atom is -0.355 e. The first-order valence-electron chi connectivity index (χ1n) is 10.1. The number of hydrogen-bond donors (Lipinski definition) is 1.